The lowest BCUT2D eigenvalue weighted by Gasteiger charge is -2.41. The number of rotatable bonds is 3. The number of morpholine rings is 1. The summed E-state index contributed by atoms with van der Waals surface area (Å²) in [5, 5.41) is 11.6. The van der Waals surface area contributed by atoms with Crippen LogP contribution in [0.1, 0.15) is 35.2 Å². The molecule has 30 heavy (non-hydrogen) atoms. The van der Waals surface area contributed by atoms with E-state index < -0.39 is 5.60 Å². The Balaban J connectivity index is 1.32. The number of aromatic nitrogens is 2. The fourth-order valence-electron chi connectivity index (χ4n) is 5.32. The van der Waals surface area contributed by atoms with Gasteiger partial charge in [-0.2, -0.15) is 0 Å². The zero-order chi connectivity index (χ0) is 20.6. The highest BCUT2D eigenvalue weighted by Gasteiger charge is 2.50. The summed E-state index contributed by atoms with van der Waals surface area (Å²) in [4.78, 5) is 26.0. The van der Waals surface area contributed by atoms with Crippen molar-refractivity contribution in [3.63, 3.8) is 0 Å². The van der Waals surface area contributed by atoms with Crippen molar-refractivity contribution >= 4 is 11.9 Å². The standard InChI is InChI=1S/C23H28N4O3/c28-21(18-13-24-22(25-14-18)26-9-11-30-12-10-26)27-15-17-5-4-8-23(29,20(17)16-27)19-6-2-1-3-7-19/h1-3,6-7,13-14,17,20,29H,4-5,8-12,15-16H2/t17-,20+,23+/m1/s1. The van der Waals surface area contributed by atoms with Crippen LogP contribution >= 0.6 is 0 Å². The number of fused-ring (bicyclic) bond motifs is 1. The molecule has 0 radical (unpaired) electrons. The molecular formula is C23H28N4O3. The fraction of sp³-hybridized carbons (Fsp3) is 0.522. The number of amides is 1. The number of benzene rings is 1. The number of aliphatic hydroxyl groups is 1. The predicted octanol–water partition coefficient (Wildman–Crippen LogP) is 2.07. The van der Waals surface area contributed by atoms with Crippen molar-refractivity contribution in [3.8, 4) is 0 Å². The van der Waals surface area contributed by atoms with E-state index in [0.29, 0.717) is 43.7 Å². The average molecular weight is 409 g/mol. The first-order valence-electron chi connectivity index (χ1n) is 10.9. The largest absolute Gasteiger partial charge is 0.385 e. The maximum atomic E-state index is 13.2. The molecule has 1 aromatic heterocycles. The lowest BCUT2D eigenvalue weighted by atomic mass is 9.67. The molecule has 1 amide bonds. The molecule has 0 bridgehead atoms. The van der Waals surface area contributed by atoms with Crippen molar-refractivity contribution in [3.05, 3.63) is 53.9 Å². The minimum atomic E-state index is -0.865. The van der Waals surface area contributed by atoms with Crippen LogP contribution in [0.15, 0.2) is 42.7 Å². The number of nitrogens with zero attached hydrogens (tertiary/aromatic N) is 4. The van der Waals surface area contributed by atoms with Crippen molar-refractivity contribution in [2.24, 2.45) is 11.8 Å². The molecular weight excluding hydrogens is 380 g/mol. The lowest BCUT2D eigenvalue weighted by molar-refractivity contribution is -0.0644. The van der Waals surface area contributed by atoms with Crippen LogP contribution in [0.5, 0.6) is 0 Å². The Morgan fingerprint density at radius 1 is 1.10 bits per heavy atom. The third kappa shape index (κ3) is 3.46. The second-order valence-corrected chi connectivity index (χ2v) is 8.63. The van der Waals surface area contributed by atoms with Crippen LogP contribution in [0, 0.1) is 11.8 Å². The summed E-state index contributed by atoms with van der Waals surface area (Å²) in [5.41, 5.74) is 0.608. The highest BCUT2D eigenvalue weighted by molar-refractivity contribution is 5.94. The quantitative estimate of drug-likeness (QED) is 0.838. The van der Waals surface area contributed by atoms with Crippen molar-refractivity contribution in [2.75, 3.05) is 44.3 Å². The van der Waals surface area contributed by atoms with Gasteiger partial charge >= 0.3 is 0 Å². The van der Waals surface area contributed by atoms with Gasteiger partial charge in [-0.1, -0.05) is 30.3 Å². The number of hydrogen-bond donors (Lipinski definition) is 1. The van der Waals surface area contributed by atoms with Gasteiger partial charge in [0.05, 0.1) is 24.4 Å². The van der Waals surface area contributed by atoms with Gasteiger partial charge in [0, 0.05) is 44.5 Å². The minimum absolute atomic E-state index is 0.0478. The molecule has 2 saturated heterocycles. The third-order valence-electron chi connectivity index (χ3n) is 6.93. The zero-order valence-electron chi connectivity index (χ0n) is 17.1. The molecule has 2 aliphatic heterocycles. The Hall–Kier alpha value is -2.51. The molecule has 3 atom stereocenters. The molecule has 3 fully saturated rings. The van der Waals surface area contributed by atoms with Gasteiger partial charge in [0.1, 0.15) is 0 Å². The van der Waals surface area contributed by atoms with E-state index in [1.54, 1.807) is 12.4 Å². The number of carbonyl (C=O) groups excluding carboxylic acids is 1. The summed E-state index contributed by atoms with van der Waals surface area (Å²) >= 11 is 0. The van der Waals surface area contributed by atoms with Gasteiger partial charge in [-0.25, -0.2) is 9.97 Å². The van der Waals surface area contributed by atoms with Crippen LogP contribution < -0.4 is 4.90 Å². The lowest BCUT2D eigenvalue weighted by Crippen LogP contribution is -2.42. The van der Waals surface area contributed by atoms with E-state index in [2.05, 4.69) is 14.9 Å². The monoisotopic (exact) mass is 408 g/mol. The maximum absolute atomic E-state index is 13.2. The number of carbonyl (C=O) groups is 1. The molecule has 0 unspecified atom stereocenters. The van der Waals surface area contributed by atoms with Crippen molar-refractivity contribution < 1.29 is 14.6 Å². The topological polar surface area (TPSA) is 78.8 Å². The molecule has 3 aliphatic rings. The summed E-state index contributed by atoms with van der Waals surface area (Å²) < 4.78 is 5.37. The van der Waals surface area contributed by atoms with Gasteiger partial charge in [0.25, 0.3) is 5.91 Å². The molecule has 7 heteroatoms. The Kier molecular flexibility index (Phi) is 5.16. The Morgan fingerprint density at radius 3 is 2.57 bits per heavy atom. The molecule has 1 saturated carbocycles. The first kappa shape index (κ1) is 19.5. The van der Waals surface area contributed by atoms with E-state index in [4.69, 9.17) is 4.74 Å². The molecule has 1 aliphatic carbocycles. The van der Waals surface area contributed by atoms with Crippen LogP contribution in [0.25, 0.3) is 0 Å². The third-order valence-corrected chi connectivity index (χ3v) is 6.93. The normalized spacial score (nSPS) is 29.0. The fourth-order valence-corrected chi connectivity index (χ4v) is 5.32. The van der Waals surface area contributed by atoms with Gasteiger partial charge in [0.2, 0.25) is 5.95 Å². The maximum Gasteiger partial charge on any atom is 0.257 e. The minimum Gasteiger partial charge on any atom is -0.385 e. The molecule has 2 aromatic rings. The van der Waals surface area contributed by atoms with E-state index in [9.17, 15) is 9.90 Å². The smallest absolute Gasteiger partial charge is 0.257 e. The van der Waals surface area contributed by atoms with Gasteiger partial charge in [-0.3, -0.25) is 4.79 Å². The van der Waals surface area contributed by atoms with E-state index in [1.165, 1.54) is 0 Å². The SMILES string of the molecule is O=C(c1cnc(N2CCOCC2)nc1)N1C[C@H]2CCC[C@](O)(c3ccccc3)[C@H]2C1. The Labute approximate surface area is 176 Å². The molecule has 1 aromatic carbocycles. The summed E-state index contributed by atoms with van der Waals surface area (Å²) in [6.45, 7) is 4.13. The summed E-state index contributed by atoms with van der Waals surface area (Å²) in [5.74, 6) is 0.976. The first-order chi connectivity index (χ1) is 14.6. The average Bonchev–Trinajstić information content (AvgIpc) is 3.26. The van der Waals surface area contributed by atoms with E-state index in [0.717, 1.165) is 37.9 Å². The molecule has 0 spiro atoms. The van der Waals surface area contributed by atoms with E-state index in [-0.39, 0.29) is 11.8 Å². The molecule has 5 rings (SSSR count). The molecule has 3 heterocycles. The van der Waals surface area contributed by atoms with Crippen molar-refractivity contribution in [2.45, 2.75) is 24.9 Å². The first-order valence-corrected chi connectivity index (χ1v) is 10.9. The van der Waals surface area contributed by atoms with Crippen LogP contribution in [-0.2, 0) is 10.3 Å². The van der Waals surface area contributed by atoms with Crippen LogP contribution in [-0.4, -0.2) is 65.3 Å². The highest BCUT2D eigenvalue weighted by atomic mass is 16.5. The summed E-state index contributed by atoms with van der Waals surface area (Å²) in [6.07, 6.45) is 6.04. The molecule has 1 N–H and O–H groups in total. The zero-order valence-corrected chi connectivity index (χ0v) is 17.1. The van der Waals surface area contributed by atoms with E-state index in [1.807, 2.05) is 35.2 Å². The number of ether oxygens (including phenoxy) is 1. The summed E-state index contributed by atoms with van der Waals surface area (Å²) in [7, 11) is 0. The van der Waals surface area contributed by atoms with Gasteiger partial charge in [0.15, 0.2) is 0 Å². The van der Waals surface area contributed by atoms with Gasteiger partial charge < -0.3 is 19.6 Å². The number of likely N-dealkylation sites (tertiary alicyclic amines) is 1. The predicted molar refractivity (Wildman–Crippen MR) is 112 cm³/mol. The van der Waals surface area contributed by atoms with E-state index >= 15 is 0 Å². The van der Waals surface area contributed by atoms with Crippen LogP contribution in [0.2, 0.25) is 0 Å². The Bertz CT molecular complexity index is 885. The van der Waals surface area contributed by atoms with Crippen LogP contribution in [0.4, 0.5) is 5.95 Å². The second kappa shape index (κ2) is 7.96. The number of anilines is 1. The molecule has 158 valence electrons. The Morgan fingerprint density at radius 2 is 1.83 bits per heavy atom. The summed E-state index contributed by atoms with van der Waals surface area (Å²) in [6, 6.07) is 9.93. The van der Waals surface area contributed by atoms with Crippen molar-refractivity contribution in [1.82, 2.24) is 14.9 Å². The van der Waals surface area contributed by atoms with Crippen LogP contribution in [0.3, 0.4) is 0 Å². The van der Waals surface area contributed by atoms with Gasteiger partial charge in [-0.05, 0) is 30.7 Å². The number of hydrogen-bond acceptors (Lipinski definition) is 6. The van der Waals surface area contributed by atoms with Gasteiger partial charge in [-0.15, -0.1) is 0 Å². The molecule has 7 nitrogen and oxygen atoms in total. The van der Waals surface area contributed by atoms with Crippen molar-refractivity contribution in [1.29, 1.82) is 0 Å². The highest BCUT2D eigenvalue weighted by Crippen LogP contribution is 2.48. The second-order valence-electron chi connectivity index (χ2n) is 8.63.